The third kappa shape index (κ3) is 8.70. The normalized spacial score (nSPS) is 11.4. The number of nitrogens with one attached hydrogen (secondary N) is 3. The second-order valence-corrected chi connectivity index (χ2v) is 5.75. The number of aliphatic imine (C=N–C) groups is 1. The minimum Gasteiger partial charge on any atom is -0.508 e. The maximum atomic E-state index is 11.9. The summed E-state index contributed by atoms with van der Waals surface area (Å²) < 4.78 is 0. The lowest BCUT2D eigenvalue weighted by Crippen LogP contribution is -2.38. The largest absolute Gasteiger partial charge is 0.508 e. The summed E-state index contributed by atoms with van der Waals surface area (Å²) in [5.41, 5.74) is 0.637. The Hall–Kier alpha value is -2.24. The maximum Gasteiger partial charge on any atom is 0.246 e. The molecule has 1 amide bonds. The van der Waals surface area contributed by atoms with Gasteiger partial charge >= 0.3 is 0 Å². The van der Waals surface area contributed by atoms with Crippen LogP contribution in [0.2, 0.25) is 0 Å². The Kier molecular flexibility index (Phi) is 8.57. The van der Waals surface area contributed by atoms with Crippen LogP contribution >= 0.6 is 0 Å². The molecule has 0 bridgehead atoms. The van der Waals surface area contributed by atoms with Gasteiger partial charge in [-0.2, -0.15) is 0 Å². The van der Waals surface area contributed by atoms with Crippen molar-refractivity contribution >= 4 is 17.6 Å². The molecule has 128 valence electrons. The summed E-state index contributed by atoms with van der Waals surface area (Å²) in [6, 6.07) is 6.34. The Balaban J connectivity index is 2.42. The van der Waals surface area contributed by atoms with Crippen LogP contribution in [0, 0.1) is 5.92 Å². The van der Waals surface area contributed by atoms with Crippen LogP contribution in [0.4, 0.5) is 5.69 Å². The first-order chi connectivity index (χ1) is 11.0. The van der Waals surface area contributed by atoms with E-state index in [4.69, 9.17) is 0 Å². The lowest BCUT2D eigenvalue weighted by atomic mass is 10.1. The average Bonchev–Trinajstić information content (AvgIpc) is 2.51. The third-order valence-corrected chi connectivity index (χ3v) is 3.13. The highest BCUT2D eigenvalue weighted by Crippen LogP contribution is 2.13. The van der Waals surface area contributed by atoms with Gasteiger partial charge in [-0.1, -0.05) is 13.8 Å². The van der Waals surface area contributed by atoms with E-state index in [1.54, 1.807) is 12.1 Å². The number of amides is 1. The molecule has 0 aliphatic carbocycles. The summed E-state index contributed by atoms with van der Waals surface area (Å²) in [6.45, 7) is 8.02. The van der Waals surface area contributed by atoms with E-state index in [1.165, 1.54) is 12.1 Å². The van der Waals surface area contributed by atoms with Crippen LogP contribution in [0.15, 0.2) is 29.3 Å². The molecular formula is C17H28N4O2. The van der Waals surface area contributed by atoms with Gasteiger partial charge in [0, 0.05) is 18.8 Å². The first-order valence-corrected chi connectivity index (χ1v) is 8.12. The average molecular weight is 320 g/mol. The highest BCUT2D eigenvalue weighted by molar-refractivity contribution is 5.94. The third-order valence-electron chi connectivity index (χ3n) is 3.13. The number of hydrogen-bond donors (Lipinski definition) is 4. The van der Waals surface area contributed by atoms with Crippen LogP contribution in [0.25, 0.3) is 0 Å². The molecule has 4 N–H and O–H groups in total. The van der Waals surface area contributed by atoms with Crippen molar-refractivity contribution in [2.24, 2.45) is 10.9 Å². The Morgan fingerprint density at radius 3 is 2.52 bits per heavy atom. The van der Waals surface area contributed by atoms with Gasteiger partial charge in [-0.15, -0.1) is 0 Å². The van der Waals surface area contributed by atoms with Crippen molar-refractivity contribution in [3.8, 4) is 5.75 Å². The second-order valence-electron chi connectivity index (χ2n) is 5.75. The topological polar surface area (TPSA) is 85.8 Å². The zero-order valence-electron chi connectivity index (χ0n) is 14.2. The first kappa shape index (κ1) is 18.8. The van der Waals surface area contributed by atoms with Gasteiger partial charge in [0.1, 0.15) is 12.3 Å². The zero-order valence-corrected chi connectivity index (χ0v) is 14.2. The SMILES string of the molecule is CCNC(=NCC(=O)Nc1ccc(O)cc1)NCCCC(C)C. The second kappa shape index (κ2) is 10.5. The fourth-order valence-electron chi connectivity index (χ4n) is 1.95. The molecule has 0 spiro atoms. The van der Waals surface area contributed by atoms with Crippen LogP contribution in [-0.2, 0) is 4.79 Å². The van der Waals surface area contributed by atoms with Crippen molar-refractivity contribution < 1.29 is 9.90 Å². The minimum absolute atomic E-state index is 0.0421. The monoisotopic (exact) mass is 320 g/mol. The lowest BCUT2D eigenvalue weighted by Gasteiger charge is -2.12. The van der Waals surface area contributed by atoms with Gasteiger partial charge in [-0.25, -0.2) is 4.99 Å². The molecule has 0 saturated heterocycles. The number of anilines is 1. The summed E-state index contributed by atoms with van der Waals surface area (Å²) in [7, 11) is 0. The van der Waals surface area contributed by atoms with Crippen LogP contribution < -0.4 is 16.0 Å². The van der Waals surface area contributed by atoms with Crippen molar-refractivity contribution in [2.75, 3.05) is 25.0 Å². The Morgan fingerprint density at radius 1 is 1.22 bits per heavy atom. The quantitative estimate of drug-likeness (QED) is 0.256. The molecular weight excluding hydrogens is 292 g/mol. The molecule has 23 heavy (non-hydrogen) atoms. The summed E-state index contributed by atoms with van der Waals surface area (Å²) in [5, 5.41) is 18.3. The summed E-state index contributed by atoms with van der Waals surface area (Å²) in [6.07, 6.45) is 2.23. The van der Waals surface area contributed by atoms with Crippen LogP contribution in [-0.4, -0.2) is 36.6 Å². The zero-order chi connectivity index (χ0) is 17.1. The molecule has 1 aromatic rings. The predicted octanol–water partition coefficient (Wildman–Crippen LogP) is 2.32. The maximum absolute atomic E-state index is 11.9. The van der Waals surface area contributed by atoms with Gasteiger partial charge in [-0.3, -0.25) is 4.79 Å². The number of aromatic hydroxyl groups is 1. The molecule has 1 aromatic carbocycles. The van der Waals surface area contributed by atoms with E-state index in [-0.39, 0.29) is 18.2 Å². The van der Waals surface area contributed by atoms with Crippen molar-refractivity contribution in [1.82, 2.24) is 10.6 Å². The summed E-state index contributed by atoms with van der Waals surface area (Å²) in [5.74, 6) is 1.31. The van der Waals surface area contributed by atoms with Crippen molar-refractivity contribution in [1.29, 1.82) is 0 Å². The number of carbonyl (C=O) groups is 1. The van der Waals surface area contributed by atoms with Crippen molar-refractivity contribution in [3.63, 3.8) is 0 Å². The first-order valence-electron chi connectivity index (χ1n) is 8.12. The predicted molar refractivity (Wildman–Crippen MR) is 94.8 cm³/mol. The minimum atomic E-state index is -0.199. The highest BCUT2D eigenvalue weighted by Gasteiger charge is 2.03. The molecule has 0 heterocycles. The fourth-order valence-corrected chi connectivity index (χ4v) is 1.95. The van der Waals surface area contributed by atoms with Crippen molar-refractivity contribution in [3.05, 3.63) is 24.3 Å². The van der Waals surface area contributed by atoms with E-state index in [9.17, 15) is 9.90 Å². The standard InChI is InChI=1S/C17H28N4O2/c1-4-18-17(19-11-5-6-13(2)3)20-12-16(23)21-14-7-9-15(22)10-8-14/h7-10,13,22H,4-6,11-12H2,1-3H3,(H,21,23)(H2,18,19,20). The molecule has 0 radical (unpaired) electrons. The van der Waals surface area contributed by atoms with E-state index in [0.717, 1.165) is 25.9 Å². The molecule has 0 unspecified atom stereocenters. The number of rotatable bonds is 8. The smallest absolute Gasteiger partial charge is 0.246 e. The number of nitrogens with zero attached hydrogens (tertiary/aromatic N) is 1. The van der Waals surface area contributed by atoms with Gasteiger partial charge < -0.3 is 21.1 Å². The van der Waals surface area contributed by atoms with Crippen LogP contribution in [0.1, 0.15) is 33.6 Å². The Morgan fingerprint density at radius 2 is 1.91 bits per heavy atom. The van der Waals surface area contributed by atoms with Gasteiger partial charge in [0.05, 0.1) is 0 Å². The van der Waals surface area contributed by atoms with Crippen LogP contribution in [0.5, 0.6) is 5.75 Å². The molecule has 0 saturated carbocycles. The molecule has 0 aliphatic heterocycles. The van der Waals surface area contributed by atoms with E-state index in [0.29, 0.717) is 17.6 Å². The van der Waals surface area contributed by atoms with Gasteiger partial charge in [0.2, 0.25) is 5.91 Å². The number of phenolic OH excluding ortho intramolecular Hbond substituents is 1. The Bertz CT molecular complexity index is 498. The van der Waals surface area contributed by atoms with Gasteiger partial charge in [0.15, 0.2) is 5.96 Å². The number of phenols is 1. The van der Waals surface area contributed by atoms with E-state index < -0.39 is 0 Å². The number of benzene rings is 1. The van der Waals surface area contributed by atoms with Gasteiger partial charge in [-0.05, 0) is 49.9 Å². The van der Waals surface area contributed by atoms with E-state index >= 15 is 0 Å². The Labute approximate surface area is 138 Å². The highest BCUT2D eigenvalue weighted by atomic mass is 16.3. The summed E-state index contributed by atoms with van der Waals surface area (Å²) in [4.78, 5) is 16.2. The number of guanidine groups is 1. The molecule has 6 heteroatoms. The van der Waals surface area contributed by atoms with E-state index in [1.807, 2.05) is 6.92 Å². The molecule has 0 aliphatic rings. The molecule has 1 rings (SSSR count). The molecule has 0 fully saturated rings. The lowest BCUT2D eigenvalue weighted by molar-refractivity contribution is -0.114. The number of hydrogen-bond acceptors (Lipinski definition) is 3. The van der Waals surface area contributed by atoms with E-state index in [2.05, 4.69) is 34.8 Å². The van der Waals surface area contributed by atoms with Crippen LogP contribution in [0.3, 0.4) is 0 Å². The van der Waals surface area contributed by atoms with Gasteiger partial charge in [0.25, 0.3) is 0 Å². The fraction of sp³-hybridized carbons (Fsp3) is 0.529. The summed E-state index contributed by atoms with van der Waals surface area (Å²) >= 11 is 0. The van der Waals surface area contributed by atoms with Crippen molar-refractivity contribution in [2.45, 2.75) is 33.6 Å². The molecule has 6 nitrogen and oxygen atoms in total. The molecule has 0 atom stereocenters. The number of carbonyl (C=O) groups excluding carboxylic acids is 1. The molecule has 0 aromatic heterocycles.